The number of ether oxygens (including phenoxy) is 1. The van der Waals surface area contributed by atoms with Crippen molar-refractivity contribution in [2.45, 2.75) is 13.8 Å². The van der Waals surface area contributed by atoms with Crippen LogP contribution in [0, 0.1) is 10.1 Å². The third-order valence-corrected chi connectivity index (χ3v) is 5.58. The fourth-order valence-corrected chi connectivity index (χ4v) is 4.06. The molecule has 0 atom stereocenters. The molecule has 0 unspecified atom stereocenters. The normalized spacial score (nSPS) is 16.2. The van der Waals surface area contributed by atoms with Gasteiger partial charge in [0.15, 0.2) is 5.17 Å². The van der Waals surface area contributed by atoms with E-state index in [1.807, 2.05) is 6.92 Å². The summed E-state index contributed by atoms with van der Waals surface area (Å²) >= 11 is 7.01. The average molecular weight is 460 g/mol. The summed E-state index contributed by atoms with van der Waals surface area (Å²) in [7, 11) is 0. The van der Waals surface area contributed by atoms with Gasteiger partial charge in [0.05, 0.1) is 27.7 Å². The Labute approximate surface area is 187 Å². The first kappa shape index (κ1) is 22.5. The fourth-order valence-electron chi connectivity index (χ4n) is 2.81. The number of carbonyl (C=O) groups is 2. The minimum absolute atomic E-state index is 0.0245. The van der Waals surface area contributed by atoms with Gasteiger partial charge in [-0.05, 0) is 61.5 Å². The zero-order valence-corrected chi connectivity index (χ0v) is 18.3. The van der Waals surface area contributed by atoms with Gasteiger partial charge in [-0.2, -0.15) is 0 Å². The maximum absolute atomic E-state index is 12.8. The molecule has 3 rings (SSSR count). The van der Waals surface area contributed by atoms with Crippen molar-refractivity contribution in [1.82, 2.24) is 4.90 Å². The number of carbonyl (C=O) groups excluding carboxylic acids is 2. The van der Waals surface area contributed by atoms with Gasteiger partial charge in [-0.3, -0.25) is 19.8 Å². The lowest BCUT2D eigenvalue weighted by atomic mass is 10.2. The molecule has 8 nitrogen and oxygen atoms in total. The molecule has 1 heterocycles. The van der Waals surface area contributed by atoms with E-state index < -0.39 is 10.9 Å². The second-order valence-corrected chi connectivity index (χ2v) is 7.71. The average Bonchev–Trinajstić information content (AvgIpc) is 3.03. The van der Waals surface area contributed by atoms with Crippen LogP contribution in [0.1, 0.15) is 29.8 Å². The van der Waals surface area contributed by atoms with Crippen LogP contribution in [0.15, 0.2) is 52.4 Å². The Bertz CT molecular complexity index is 1120. The van der Waals surface area contributed by atoms with Gasteiger partial charge in [-0.25, -0.2) is 9.79 Å². The Morgan fingerprint density at radius 3 is 2.74 bits per heavy atom. The van der Waals surface area contributed by atoms with Crippen LogP contribution in [0.25, 0.3) is 6.08 Å². The number of halogens is 1. The molecule has 10 heteroatoms. The Hall–Kier alpha value is -3.17. The lowest BCUT2D eigenvalue weighted by Crippen LogP contribution is -2.28. The van der Waals surface area contributed by atoms with Gasteiger partial charge in [0.25, 0.3) is 11.6 Å². The topological polar surface area (TPSA) is 102 Å². The molecule has 31 heavy (non-hydrogen) atoms. The highest BCUT2D eigenvalue weighted by Crippen LogP contribution is 2.35. The first-order chi connectivity index (χ1) is 14.8. The van der Waals surface area contributed by atoms with Crippen LogP contribution < -0.4 is 0 Å². The number of likely N-dealkylation sites (N-methyl/N-ethyl adjacent to an activating group) is 1. The van der Waals surface area contributed by atoms with Crippen molar-refractivity contribution < 1.29 is 19.2 Å². The van der Waals surface area contributed by atoms with Crippen LogP contribution in [0.3, 0.4) is 0 Å². The number of amidine groups is 1. The van der Waals surface area contributed by atoms with Gasteiger partial charge in [0.1, 0.15) is 5.02 Å². The minimum atomic E-state index is -0.574. The maximum atomic E-state index is 12.8. The van der Waals surface area contributed by atoms with Crippen molar-refractivity contribution in [3.05, 3.63) is 73.6 Å². The molecule has 2 aromatic rings. The molecule has 0 aromatic heterocycles. The quantitative estimate of drug-likeness (QED) is 0.259. The van der Waals surface area contributed by atoms with Gasteiger partial charge in [0, 0.05) is 12.6 Å². The molecule has 1 aliphatic rings. The maximum Gasteiger partial charge on any atom is 0.338 e. The van der Waals surface area contributed by atoms with Crippen LogP contribution in [-0.2, 0) is 9.53 Å². The molecule has 1 aliphatic heterocycles. The highest BCUT2D eigenvalue weighted by Gasteiger charge is 2.32. The van der Waals surface area contributed by atoms with Gasteiger partial charge < -0.3 is 4.74 Å². The minimum Gasteiger partial charge on any atom is -0.462 e. The zero-order valence-electron chi connectivity index (χ0n) is 16.7. The van der Waals surface area contributed by atoms with E-state index in [1.54, 1.807) is 43.3 Å². The molecule has 0 spiro atoms. The molecule has 0 saturated carbocycles. The molecule has 1 saturated heterocycles. The molecule has 0 bridgehead atoms. The van der Waals surface area contributed by atoms with Crippen LogP contribution in [-0.4, -0.2) is 40.0 Å². The van der Waals surface area contributed by atoms with E-state index >= 15 is 0 Å². The highest BCUT2D eigenvalue weighted by molar-refractivity contribution is 8.18. The standard InChI is InChI=1S/C21H18ClN3O5S/c1-3-24-19(26)18(11-13-8-9-16(22)17(10-13)25(28)29)31-21(24)23-15-7-5-6-14(12-15)20(27)30-4-2/h5-12H,3-4H2,1-2H3. The number of esters is 1. The Morgan fingerprint density at radius 2 is 2.06 bits per heavy atom. The highest BCUT2D eigenvalue weighted by atomic mass is 35.5. The summed E-state index contributed by atoms with van der Waals surface area (Å²) in [6, 6.07) is 11.0. The first-order valence-corrected chi connectivity index (χ1v) is 10.5. The van der Waals surface area contributed by atoms with Crippen molar-refractivity contribution in [1.29, 1.82) is 0 Å². The van der Waals surface area contributed by atoms with E-state index in [1.165, 1.54) is 17.0 Å². The summed E-state index contributed by atoms with van der Waals surface area (Å²) in [6.45, 7) is 4.20. The largest absolute Gasteiger partial charge is 0.462 e. The van der Waals surface area contributed by atoms with Crippen molar-refractivity contribution in [2.75, 3.05) is 13.2 Å². The molecule has 1 fully saturated rings. The number of hydrogen-bond acceptors (Lipinski definition) is 7. The van der Waals surface area contributed by atoms with Crippen LogP contribution in [0.5, 0.6) is 0 Å². The van der Waals surface area contributed by atoms with Gasteiger partial charge in [-0.1, -0.05) is 23.7 Å². The summed E-state index contributed by atoms with van der Waals surface area (Å²) in [5.74, 6) is -0.706. The molecule has 0 N–H and O–H groups in total. The number of nitro benzene ring substituents is 1. The lowest BCUT2D eigenvalue weighted by molar-refractivity contribution is -0.384. The van der Waals surface area contributed by atoms with Crippen molar-refractivity contribution >= 4 is 57.9 Å². The van der Waals surface area contributed by atoms with Crippen LogP contribution in [0.4, 0.5) is 11.4 Å². The second kappa shape index (κ2) is 9.76. The van der Waals surface area contributed by atoms with Crippen molar-refractivity contribution in [3.8, 4) is 0 Å². The van der Waals surface area contributed by atoms with Crippen molar-refractivity contribution in [3.63, 3.8) is 0 Å². The SMILES string of the molecule is CCOC(=O)c1cccc(N=C2SC(=Cc3ccc(Cl)c([N+](=O)[O-])c3)C(=O)N2CC)c1. The number of benzene rings is 2. The number of rotatable bonds is 6. The second-order valence-electron chi connectivity index (χ2n) is 6.29. The van der Waals surface area contributed by atoms with E-state index in [0.29, 0.717) is 33.4 Å². The van der Waals surface area contributed by atoms with E-state index in [0.717, 1.165) is 11.8 Å². The number of nitrogens with zero attached hydrogens (tertiary/aromatic N) is 3. The van der Waals surface area contributed by atoms with Gasteiger partial charge in [0.2, 0.25) is 0 Å². The van der Waals surface area contributed by atoms with E-state index in [9.17, 15) is 19.7 Å². The number of aliphatic imine (C=N–C) groups is 1. The molecular weight excluding hydrogens is 442 g/mol. The summed E-state index contributed by atoms with van der Waals surface area (Å²) in [4.78, 5) is 41.7. The number of nitro groups is 1. The van der Waals surface area contributed by atoms with Crippen LogP contribution in [0.2, 0.25) is 5.02 Å². The monoisotopic (exact) mass is 459 g/mol. The molecule has 1 amide bonds. The number of thioether (sulfide) groups is 1. The number of hydrogen-bond donors (Lipinski definition) is 0. The van der Waals surface area contributed by atoms with E-state index in [-0.39, 0.29) is 23.2 Å². The first-order valence-electron chi connectivity index (χ1n) is 9.35. The summed E-state index contributed by atoms with van der Waals surface area (Å²) in [6.07, 6.45) is 1.57. The molecule has 0 aliphatic carbocycles. The Kier molecular flexibility index (Phi) is 7.09. The lowest BCUT2D eigenvalue weighted by Gasteiger charge is -2.12. The molecule has 2 aromatic carbocycles. The third-order valence-electron chi connectivity index (χ3n) is 4.25. The Morgan fingerprint density at radius 1 is 1.29 bits per heavy atom. The fraction of sp³-hybridized carbons (Fsp3) is 0.190. The summed E-state index contributed by atoms with van der Waals surface area (Å²) in [5, 5.41) is 11.6. The van der Waals surface area contributed by atoms with Crippen molar-refractivity contribution in [2.24, 2.45) is 4.99 Å². The molecule has 0 radical (unpaired) electrons. The molecular formula is C21H18ClN3O5S. The predicted molar refractivity (Wildman–Crippen MR) is 121 cm³/mol. The Balaban J connectivity index is 1.93. The molecule has 160 valence electrons. The van der Waals surface area contributed by atoms with Gasteiger partial charge >= 0.3 is 5.97 Å². The smallest absolute Gasteiger partial charge is 0.338 e. The van der Waals surface area contributed by atoms with Gasteiger partial charge in [-0.15, -0.1) is 0 Å². The zero-order chi connectivity index (χ0) is 22.5. The van der Waals surface area contributed by atoms with E-state index in [4.69, 9.17) is 16.3 Å². The summed E-state index contributed by atoms with van der Waals surface area (Å²) < 4.78 is 5.01. The van der Waals surface area contributed by atoms with E-state index in [2.05, 4.69) is 4.99 Å². The number of amides is 1. The third kappa shape index (κ3) is 5.12. The summed E-state index contributed by atoms with van der Waals surface area (Å²) in [5.41, 5.74) is 1.12. The predicted octanol–water partition coefficient (Wildman–Crippen LogP) is 5.05. The van der Waals surface area contributed by atoms with Crippen LogP contribution >= 0.6 is 23.4 Å².